The molecule has 0 saturated carbocycles. The molecule has 1 N–H and O–H groups in total. The largest absolute Gasteiger partial charge is 0.288 e. The molecule has 0 fully saturated rings. The van der Waals surface area contributed by atoms with Crippen LogP contribution in [0.5, 0.6) is 0 Å². The fourth-order valence-electron chi connectivity index (χ4n) is 2.94. The highest BCUT2D eigenvalue weighted by Gasteiger charge is 2.13. The van der Waals surface area contributed by atoms with Gasteiger partial charge in [-0.15, -0.1) is 5.10 Å². The Labute approximate surface area is 182 Å². The van der Waals surface area contributed by atoms with Crippen LogP contribution in [0.15, 0.2) is 42.9 Å². The molecule has 0 aliphatic heterocycles. The first-order valence-corrected chi connectivity index (χ1v) is 9.82. The fourth-order valence-corrected chi connectivity index (χ4v) is 3.26. The number of hydrogen-bond acceptors (Lipinski definition) is 5. The zero-order chi connectivity index (χ0) is 21.3. The summed E-state index contributed by atoms with van der Waals surface area (Å²) in [6.45, 7) is 4.76. The van der Waals surface area contributed by atoms with Crippen molar-refractivity contribution in [3.63, 3.8) is 0 Å². The van der Waals surface area contributed by atoms with Crippen molar-refractivity contribution >= 4 is 35.1 Å². The minimum absolute atomic E-state index is 0.188. The van der Waals surface area contributed by atoms with Crippen LogP contribution in [0.2, 0.25) is 10.0 Å². The van der Waals surface area contributed by atoms with E-state index in [4.69, 9.17) is 23.2 Å². The van der Waals surface area contributed by atoms with Crippen molar-refractivity contribution in [3.05, 3.63) is 75.5 Å². The van der Waals surface area contributed by atoms with Gasteiger partial charge in [0.05, 0.1) is 22.3 Å². The number of benzene rings is 1. The number of carbonyl (C=O) groups is 1. The summed E-state index contributed by atoms with van der Waals surface area (Å²) in [4.78, 5) is 16.6. The van der Waals surface area contributed by atoms with Crippen LogP contribution in [0.3, 0.4) is 0 Å². The first-order valence-electron chi connectivity index (χ1n) is 9.06. The van der Waals surface area contributed by atoms with Gasteiger partial charge >= 0.3 is 0 Å². The van der Waals surface area contributed by atoms with Crippen LogP contribution >= 0.6 is 23.2 Å². The molecule has 0 radical (unpaired) electrons. The average Bonchev–Trinajstić information content (AvgIpc) is 3.40. The van der Waals surface area contributed by atoms with E-state index in [1.807, 2.05) is 30.7 Å². The Bertz CT molecular complexity index is 1210. The van der Waals surface area contributed by atoms with Crippen molar-refractivity contribution in [3.8, 4) is 0 Å². The normalized spacial score (nSPS) is 11.1. The Balaban J connectivity index is 1.39. The monoisotopic (exact) mass is 444 g/mol. The Morgan fingerprint density at radius 3 is 2.60 bits per heavy atom. The molecule has 0 atom stereocenters. The van der Waals surface area contributed by atoms with Gasteiger partial charge in [-0.1, -0.05) is 29.3 Å². The van der Waals surface area contributed by atoms with Crippen molar-refractivity contribution < 1.29 is 4.79 Å². The van der Waals surface area contributed by atoms with Gasteiger partial charge in [0.2, 0.25) is 5.95 Å². The van der Waals surface area contributed by atoms with Crippen LogP contribution in [-0.2, 0) is 13.2 Å². The van der Waals surface area contributed by atoms with Crippen LogP contribution in [0, 0.1) is 13.8 Å². The lowest BCUT2D eigenvalue weighted by molar-refractivity contribution is 0.102. The molecule has 154 valence electrons. The summed E-state index contributed by atoms with van der Waals surface area (Å²) in [6, 6.07) is 8.95. The molecule has 0 spiro atoms. The number of nitrogens with zero attached hydrogens (tertiary/aromatic N) is 7. The zero-order valence-electron chi connectivity index (χ0n) is 16.3. The summed E-state index contributed by atoms with van der Waals surface area (Å²) in [5, 5.41) is 16.6. The van der Waals surface area contributed by atoms with Crippen LogP contribution in [0.25, 0.3) is 0 Å². The molecule has 1 amide bonds. The van der Waals surface area contributed by atoms with Gasteiger partial charge in [0.1, 0.15) is 13.0 Å². The molecule has 4 rings (SSSR count). The Kier molecular flexibility index (Phi) is 5.56. The minimum atomic E-state index is -0.394. The molecule has 4 aromatic rings. The average molecular weight is 445 g/mol. The number of aryl methyl sites for hydroxylation is 2. The molecule has 11 heteroatoms. The van der Waals surface area contributed by atoms with E-state index in [2.05, 4.69) is 25.6 Å². The molecular formula is C19H18Cl2N8O. The Morgan fingerprint density at radius 1 is 1.03 bits per heavy atom. The maximum absolute atomic E-state index is 12.5. The standard InChI is InChI=1S/C19H18Cl2N8O/c1-12-7-13(2)29(24-12)11-27-6-5-17(25-27)18(30)23-19-22-10-28(26-19)9-14-3-4-15(20)16(21)8-14/h3-8,10H,9,11H2,1-2H3,(H,23,26,30). The fraction of sp³-hybridized carbons (Fsp3) is 0.211. The minimum Gasteiger partial charge on any atom is -0.288 e. The van der Waals surface area contributed by atoms with Gasteiger partial charge in [-0.3, -0.25) is 14.8 Å². The molecule has 30 heavy (non-hydrogen) atoms. The number of nitrogens with one attached hydrogen (secondary N) is 1. The first-order chi connectivity index (χ1) is 14.4. The summed E-state index contributed by atoms with van der Waals surface area (Å²) >= 11 is 12.0. The van der Waals surface area contributed by atoms with E-state index < -0.39 is 5.91 Å². The number of hydrogen-bond donors (Lipinski definition) is 1. The van der Waals surface area contributed by atoms with E-state index in [-0.39, 0.29) is 11.6 Å². The maximum atomic E-state index is 12.5. The van der Waals surface area contributed by atoms with Crippen LogP contribution in [0.4, 0.5) is 5.95 Å². The highest BCUT2D eigenvalue weighted by molar-refractivity contribution is 6.42. The molecule has 0 aliphatic carbocycles. The molecule has 3 aromatic heterocycles. The second-order valence-electron chi connectivity index (χ2n) is 6.78. The van der Waals surface area contributed by atoms with Crippen LogP contribution in [0.1, 0.15) is 27.4 Å². The number of rotatable bonds is 6. The summed E-state index contributed by atoms with van der Waals surface area (Å²) in [5.74, 6) is -0.206. The van der Waals surface area contributed by atoms with Crippen molar-refractivity contribution in [2.75, 3.05) is 5.32 Å². The maximum Gasteiger partial charge on any atom is 0.278 e. The molecule has 0 aliphatic rings. The third-order valence-corrected chi connectivity index (χ3v) is 5.08. The number of aromatic nitrogens is 7. The van der Waals surface area contributed by atoms with Crippen molar-refractivity contribution in [1.82, 2.24) is 34.3 Å². The number of carbonyl (C=O) groups excluding carboxylic acids is 1. The predicted octanol–water partition coefficient (Wildman–Crippen LogP) is 3.40. The Hall–Kier alpha value is -3.17. The summed E-state index contributed by atoms with van der Waals surface area (Å²) in [6.07, 6.45) is 3.25. The van der Waals surface area contributed by atoms with Gasteiger partial charge in [-0.25, -0.2) is 14.3 Å². The summed E-state index contributed by atoms with van der Waals surface area (Å²) in [5.41, 5.74) is 3.12. The predicted molar refractivity (Wildman–Crippen MR) is 113 cm³/mol. The second-order valence-corrected chi connectivity index (χ2v) is 7.59. The lowest BCUT2D eigenvalue weighted by atomic mass is 10.2. The van der Waals surface area contributed by atoms with Crippen LogP contribution in [-0.4, -0.2) is 40.2 Å². The van der Waals surface area contributed by atoms with E-state index in [1.165, 1.54) is 6.33 Å². The summed E-state index contributed by atoms with van der Waals surface area (Å²) in [7, 11) is 0. The van der Waals surface area contributed by atoms with E-state index in [9.17, 15) is 4.79 Å². The van der Waals surface area contributed by atoms with Gasteiger partial charge in [-0.2, -0.15) is 10.2 Å². The molecule has 0 bridgehead atoms. The third-order valence-electron chi connectivity index (χ3n) is 4.35. The number of amides is 1. The van der Waals surface area contributed by atoms with Crippen molar-refractivity contribution in [1.29, 1.82) is 0 Å². The van der Waals surface area contributed by atoms with E-state index in [0.29, 0.717) is 23.3 Å². The van der Waals surface area contributed by atoms with E-state index >= 15 is 0 Å². The van der Waals surface area contributed by atoms with E-state index in [0.717, 1.165) is 17.0 Å². The third kappa shape index (κ3) is 4.52. The molecule has 0 unspecified atom stereocenters. The van der Waals surface area contributed by atoms with E-state index in [1.54, 1.807) is 33.8 Å². The van der Waals surface area contributed by atoms with Gasteiger partial charge in [0.15, 0.2) is 5.69 Å². The van der Waals surface area contributed by atoms with Gasteiger partial charge in [-0.05, 0) is 43.7 Å². The van der Waals surface area contributed by atoms with Gasteiger partial charge in [0.25, 0.3) is 5.91 Å². The lowest BCUT2D eigenvalue weighted by Gasteiger charge is -2.04. The van der Waals surface area contributed by atoms with Crippen molar-refractivity contribution in [2.45, 2.75) is 27.1 Å². The SMILES string of the molecule is Cc1cc(C)n(Cn2ccc(C(=O)Nc3ncn(Cc4ccc(Cl)c(Cl)c4)n3)n2)n1. The zero-order valence-corrected chi connectivity index (χ0v) is 17.8. The van der Waals surface area contributed by atoms with Crippen molar-refractivity contribution in [2.24, 2.45) is 0 Å². The number of halogens is 2. The summed E-state index contributed by atoms with van der Waals surface area (Å²) < 4.78 is 5.05. The number of anilines is 1. The first kappa shape index (κ1) is 20.1. The highest BCUT2D eigenvalue weighted by Crippen LogP contribution is 2.22. The van der Waals surface area contributed by atoms with Gasteiger partial charge < -0.3 is 0 Å². The molecule has 3 heterocycles. The lowest BCUT2D eigenvalue weighted by Crippen LogP contribution is -2.16. The smallest absolute Gasteiger partial charge is 0.278 e. The molecule has 9 nitrogen and oxygen atoms in total. The quantitative estimate of drug-likeness (QED) is 0.491. The Morgan fingerprint density at radius 2 is 1.87 bits per heavy atom. The molecular weight excluding hydrogens is 427 g/mol. The van der Waals surface area contributed by atoms with Gasteiger partial charge in [0, 0.05) is 11.9 Å². The second kappa shape index (κ2) is 8.29. The topological polar surface area (TPSA) is 95.5 Å². The highest BCUT2D eigenvalue weighted by atomic mass is 35.5. The molecule has 0 saturated heterocycles. The molecule has 1 aromatic carbocycles. The van der Waals surface area contributed by atoms with Crippen LogP contribution < -0.4 is 5.32 Å².